The van der Waals surface area contributed by atoms with E-state index in [0.29, 0.717) is 49.9 Å². The van der Waals surface area contributed by atoms with Crippen molar-refractivity contribution < 1.29 is 40.2 Å². The number of halogens is 1. The van der Waals surface area contributed by atoms with Crippen molar-refractivity contribution in [1.82, 2.24) is 15.2 Å². The van der Waals surface area contributed by atoms with Gasteiger partial charge in [0, 0.05) is 61.2 Å². The number of unbranched alkanes of at least 4 members (excludes halogenated alkanes) is 2. The first-order chi connectivity index (χ1) is 25.6. The number of carbonyl (C=O) groups is 1. The van der Waals surface area contributed by atoms with Crippen LogP contribution in [0.4, 0.5) is 0 Å². The lowest BCUT2D eigenvalue weighted by atomic mass is 9.93. The average molecular weight is 754 g/mol. The molecule has 0 saturated heterocycles. The highest BCUT2D eigenvalue weighted by atomic mass is 35.5. The molecule has 53 heavy (non-hydrogen) atoms. The van der Waals surface area contributed by atoms with Crippen molar-refractivity contribution >= 4 is 17.5 Å². The summed E-state index contributed by atoms with van der Waals surface area (Å²) in [6, 6.07) is 16.4. The zero-order chi connectivity index (χ0) is 38.0. The molecular formula is C41H56ClN3O8. The first kappa shape index (κ1) is 41.0. The Morgan fingerprint density at radius 3 is 2.45 bits per heavy atom. The van der Waals surface area contributed by atoms with Crippen molar-refractivity contribution in [3.8, 4) is 16.9 Å². The van der Waals surface area contributed by atoms with Crippen LogP contribution in [-0.2, 0) is 16.9 Å². The summed E-state index contributed by atoms with van der Waals surface area (Å²) in [4.78, 5) is 19.3. The van der Waals surface area contributed by atoms with Crippen LogP contribution in [0.15, 0.2) is 60.9 Å². The second kappa shape index (κ2) is 19.5. The van der Waals surface area contributed by atoms with E-state index in [9.17, 15) is 25.2 Å². The molecule has 0 bridgehead atoms. The Bertz CT molecular complexity index is 1620. The van der Waals surface area contributed by atoms with Gasteiger partial charge in [-0.1, -0.05) is 48.9 Å². The smallest absolute Gasteiger partial charge is 0.222 e. The molecule has 1 amide bonds. The number of pyridine rings is 1. The van der Waals surface area contributed by atoms with Gasteiger partial charge in [0.25, 0.3) is 0 Å². The quantitative estimate of drug-likeness (QED) is 0.0687. The molecule has 3 aromatic rings. The third-order valence-corrected chi connectivity index (χ3v) is 10.9. The van der Waals surface area contributed by atoms with Gasteiger partial charge in [-0.3, -0.25) is 9.78 Å². The Kier molecular flexibility index (Phi) is 15.1. The van der Waals surface area contributed by atoms with E-state index in [1.165, 1.54) is 4.90 Å². The van der Waals surface area contributed by atoms with Crippen molar-refractivity contribution in [2.75, 3.05) is 26.3 Å². The second-order valence-corrected chi connectivity index (χ2v) is 15.1. The zero-order valence-corrected chi connectivity index (χ0v) is 31.4. The Morgan fingerprint density at radius 1 is 0.981 bits per heavy atom. The molecule has 12 heteroatoms. The number of amides is 1. The average Bonchev–Trinajstić information content (AvgIpc) is 4.12. The van der Waals surface area contributed by atoms with Crippen LogP contribution in [0.3, 0.4) is 0 Å². The SMILES string of the molecule is CC(CCCC(=O)N(CCCCCO)C[C@H](O)[C@@H](O)[C@H](O)[C@H](O)CO)c1ccc(Cl)c(CNC2(c3cnccc3-c3ccccc3OC3CC3)CC2)c1. The number of hydrogen-bond donors (Lipinski definition) is 7. The molecule has 2 aliphatic rings. The van der Waals surface area contributed by atoms with E-state index >= 15 is 0 Å². The number of para-hydroxylation sites is 1. The van der Waals surface area contributed by atoms with Crippen molar-refractivity contribution in [2.24, 2.45) is 0 Å². The molecule has 0 aliphatic heterocycles. The number of ether oxygens (including phenoxy) is 1. The van der Waals surface area contributed by atoms with Crippen LogP contribution < -0.4 is 10.1 Å². The minimum atomic E-state index is -1.77. The molecule has 2 fully saturated rings. The minimum Gasteiger partial charge on any atom is -0.490 e. The lowest BCUT2D eigenvalue weighted by Crippen LogP contribution is -2.50. The lowest BCUT2D eigenvalue weighted by molar-refractivity contribution is -0.140. The molecule has 5 rings (SSSR count). The Balaban J connectivity index is 1.18. The molecule has 7 N–H and O–H groups in total. The van der Waals surface area contributed by atoms with Crippen molar-refractivity contribution in [3.05, 3.63) is 82.6 Å². The van der Waals surface area contributed by atoms with Crippen molar-refractivity contribution in [2.45, 2.75) is 120 Å². The zero-order valence-electron chi connectivity index (χ0n) is 30.6. The fourth-order valence-corrected chi connectivity index (χ4v) is 7.01. The number of hydrogen-bond acceptors (Lipinski definition) is 10. The largest absolute Gasteiger partial charge is 0.490 e. The third kappa shape index (κ3) is 11.2. The van der Waals surface area contributed by atoms with Gasteiger partial charge in [-0.15, -0.1) is 0 Å². The molecule has 1 heterocycles. The molecule has 1 aromatic heterocycles. The monoisotopic (exact) mass is 753 g/mol. The molecule has 0 spiro atoms. The molecule has 11 nitrogen and oxygen atoms in total. The Hall–Kier alpha value is -3.13. The Labute approximate surface area is 317 Å². The summed E-state index contributed by atoms with van der Waals surface area (Å²) >= 11 is 6.74. The van der Waals surface area contributed by atoms with Gasteiger partial charge in [0.15, 0.2) is 0 Å². The van der Waals surface area contributed by atoms with Gasteiger partial charge >= 0.3 is 0 Å². The minimum absolute atomic E-state index is 0.0401. The second-order valence-electron chi connectivity index (χ2n) is 14.7. The highest BCUT2D eigenvalue weighted by Gasteiger charge is 2.46. The standard InChI is InChI=1S/C41H56ClN3O8/c1-27(8-7-11-38(50)45(20-5-2-6-21-46)25-35(48)39(51)40(52)36(49)26-47)28-12-15-34(42)29(22-28)23-44-41(17-18-41)33-24-43-19-16-31(33)32-9-3-4-10-37(32)53-30-13-14-30/h3-4,9-10,12,15-16,19,22,24,27,30,35-36,39-40,44,46-49,51-52H,2,5-8,11,13-14,17-18,20-21,23,25-26H2,1H3/t27?,35-,36+,39+,40+/m0/s1. The van der Waals surface area contributed by atoms with Gasteiger partial charge in [0.2, 0.25) is 5.91 Å². The molecule has 2 aromatic carbocycles. The molecular weight excluding hydrogens is 698 g/mol. The molecule has 290 valence electrons. The fourth-order valence-electron chi connectivity index (χ4n) is 6.83. The van der Waals surface area contributed by atoms with Gasteiger partial charge in [0.05, 0.1) is 12.7 Å². The summed E-state index contributed by atoms with van der Waals surface area (Å²) in [5.74, 6) is 0.848. The fraction of sp³-hybridized carbons (Fsp3) is 0.561. The van der Waals surface area contributed by atoms with Crippen LogP contribution in [0, 0.1) is 0 Å². The summed E-state index contributed by atoms with van der Waals surface area (Å²) in [6.45, 7) is 2.04. The van der Waals surface area contributed by atoms with Crippen LogP contribution in [0.5, 0.6) is 5.75 Å². The summed E-state index contributed by atoms with van der Waals surface area (Å²) in [5, 5.41) is 63.4. The summed E-state index contributed by atoms with van der Waals surface area (Å²) in [7, 11) is 0. The highest BCUT2D eigenvalue weighted by molar-refractivity contribution is 6.31. The maximum Gasteiger partial charge on any atom is 0.222 e. The van der Waals surface area contributed by atoms with E-state index in [1.54, 1.807) is 0 Å². The van der Waals surface area contributed by atoms with Crippen LogP contribution in [0.25, 0.3) is 11.1 Å². The van der Waals surface area contributed by atoms with E-state index in [0.717, 1.165) is 65.7 Å². The van der Waals surface area contributed by atoms with Gasteiger partial charge in [-0.05, 0) is 104 Å². The molecule has 2 saturated carbocycles. The number of carbonyl (C=O) groups excluding carboxylic acids is 1. The van der Waals surface area contributed by atoms with E-state index in [2.05, 4.69) is 35.4 Å². The number of aromatic nitrogens is 1. The summed E-state index contributed by atoms with van der Waals surface area (Å²) in [6.07, 6.45) is 5.00. The van der Waals surface area contributed by atoms with Crippen LogP contribution in [-0.4, -0.2) is 103 Å². The van der Waals surface area contributed by atoms with E-state index in [4.69, 9.17) is 26.6 Å². The van der Waals surface area contributed by atoms with E-state index in [1.807, 2.05) is 42.7 Å². The summed E-state index contributed by atoms with van der Waals surface area (Å²) < 4.78 is 6.27. The molecule has 0 radical (unpaired) electrons. The number of aliphatic hydroxyl groups is 6. The van der Waals surface area contributed by atoms with E-state index < -0.39 is 31.0 Å². The maximum atomic E-state index is 13.3. The van der Waals surface area contributed by atoms with E-state index in [-0.39, 0.29) is 36.9 Å². The van der Waals surface area contributed by atoms with Crippen LogP contribution >= 0.6 is 11.6 Å². The maximum absolute atomic E-state index is 13.3. The van der Waals surface area contributed by atoms with Gasteiger partial charge in [0.1, 0.15) is 30.2 Å². The predicted octanol–water partition coefficient (Wildman–Crippen LogP) is 4.42. The lowest BCUT2D eigenvalue weighted by Gasteiger charge is -2.30. The first-order valence-corrected chi connectivity index (χ1v) is 19.4. The predicted molar refractivity (Wildman–Crippen MR) is 203 cm³/mol. The number of nitrogens with one attached hydrogen (secondary N) is 1. The van der Waals surface area contributed by atoms with Crippen molar-refractivity contribution in [3.63, 3.8) is 0 Å². The highest BCUT2D eigenvalue weighted by Crippen LogP contribution is 2.50. The van der Waals surface area contributed by atoms with Gasteiger partial charge in [-0.25, -0.2) is 0 Å². The number of benzene rings is 2. The normalized spacial score (nSPS) is 17.8. The van der Waals surface area contributed by atoms with Gasteiger partial charge < -0.3 is 45.6 Å². The topological polar surface area (TPSA) is 176 Å². The summed E-state index contributed by atoms with van der Waals surface area (Å²) in [5.41, 5.74) is 5.25. The third-order valence-electron chi connectivity index (χ3n) is 10.5. The van der Waals surface area contributed by atoms with Gasteiger partial charge in [-0.2, -0.15) is 0 Å². The molecule has 5 atom stereocenters. The molecule has 2 aliphatic carbocycles. The van der Waals surface area contributed by atoms with Crippen LogP contribution in [0.1, 0.15) is 93.7 Å². The number of aliphatic hydroxyl groups excluding tert-OH is 6. The number of nitrogens with zero attached hydrogens (tertiary/aromatic N) is 2. The van der Waals surface area contributed by atoms with Crippen LogP contribution in [0.2, 0.25) is 5.02 Å². The Morgan fingerprint density at radius 2 is 1.74 bits per heavy atom. The van der Waals surface area contributed by atoms with Crippen molar-refractivity contribution in [1.29, 1.82) is 0 Å². The first-order valence-electron chi connectivity index (χ1n) is 19.0. The number of rotatable bonds is 23. The molecule has 1 unspecified atom stereocenters.